The van der Waals surface area contributed by atoms with E-state index in [0.29, 0.717) is 18.0 Å². The fourth-order valence-corrected chi connectivity index (χ4v) is 2.98. The first-order valence-corrected chi connectivity index (χ1v) is 9.05. The number of carboxylic acids is 1. The van der Waals surface area contributed by atoms with Crippen molar-refractivity contribution in [3.8, 4) is 5.75 Å². The second-order valence-electron chi connectivity index (χ2n) is 6.42. The van der Waals surface area contributed by atoms with Crippen LogP contribution in [0.3, 0.4) is 0 Å². The van der Waals surface area contributed by atoms with Crippen molar-refractivity contribution in [2.75, 3.05) is 18.1 Å². The molecule has 0 saturated carbocycles. The number of carboxylic acid groups (broad SMARTS) is 1. The van der Waals surface area contributed by atoms with Crippen LogP contribution in [-0.2, 0) is 30.5 Å². The van der Waals surface area contributed by atoms with Crippen LogP contribution in [0.1, 0.15) is 12.5 Å². The van der Waals surface area contributed by atoms with Gasteiger partial charge in [-0.25, -0.2) is 4.79 Å². The third-order valence-corrected chi connectivity index (χ3v) is 4.31. The van der Waals surface area contributed by atoms with E-state index in [4.69, 9.17) is 14.2 Å². The summed E-state index contributed by atoms with van der Waals surface area (Å²) in [5, 5.41) is 9.32. The number of aliphatic carboxylic acids is 1. The lowest BCUT2D eigenvalue weighted by Crippen LogP contribution is -2.55. The molecule has 8 nitrogen and oxygen atoms in total. The summed E-state index contributed by atoms with van der Waals surface area (Å²) in [6.45, 7) is 1.80. The van der Waals surface area contributed by atoms with Crippen molar-refractivity contribution in [3.63, 3.8) is 0 Å². The molecule has 1 aliphatic rings. The lowest BCUT2D eigenvalue weighted by molar-refractivity contribution is -0.177. The smallest absolute Gasteiger partial charge is 0.348 e. The molecular formula is C21H21NO7. The van der Waals surface area contributed by atoms with Crippen LogP contribution in [0.15, 0.2) is 54.6 Å². The van der Waals surface area contributed by atoms with Gasteiger partial charge in [0.1, 0.15) is 12.4 Å². The molecule has 0 aromatic heterocycles. The van der Waals surface area contributed by atoms with Gasteiger partial charge in [-0.3, -0.25) is 9.59 Å². The monoisotopic (exact) mass is 399 g/mol. The molecule has 3 rings (SSSR count). The molecule has 2 atom stereocenters. The average Bonchev–Trinajstić information content (AvgIpc) is 2.71. The van der Waals surface area contributed by atoms with Crippen molar-refractivity contribution >= 4 is 23.5 Å². The average molecular weight is 399 g/mol. The van der Waals surface area contributed by atoms with Crippen molar-refractivity contribution in [2.24, 2.45) is 0 Å². The Labute approximate surface area is 167 Å². The molecule has 8 heteroatoms. The predicted molar refractivity (Wildman–Crippen MR) is 102 cm³/mol. The van der Waals surface area contributed by atoms with Gasteiger partial charge in [-0.2, -0.15) is 0 Å². The second-order valence-corrected chi connectivity index (χ2v) is 6.42. The summed E-state index contributed by atoms with van der Waals surface area (Å²) < 4.78 is 15.9. The molecule has 1 N–H and O–H groups in total. The van der Waals surface area contributed by atoms with Gasteiger partial charge >= 0.3 is 11.9 Å². The number of anilines is 1. The molecule has 1 saturated heterocycles. The summed E-state index contributed by atoms with van der Waals surface area (Å²) in [6, 6.07) is 16.6. The quantitative estimate of drug-likeness (QED) is 0.711. The van der Waals surface area contributed by atoms with E-state index in [1.54, 1.807) is 24.3 Å². The Kier molecular flexibility index (Phi) is 6.46. The van der Waals surface area contributed by atoms with Gasteiger partial charge in [-0.15, -0.1) is 0 Å². The largest absolute Gasteiger partial charge is 0.489 e. The predicted octanol–water partition coefficient (Wildman–Crippen LogP) is 2.01. The van der Waals surface area contributed by atoms with Gasteiger partial charge in [0.2, 0.25) is 6.10 Å². The van der Waals surface area contributed by atoms with Crippen LogP contribution in [0.2, 0.25) is 0 Å². The Morgan fingerprint density at radius 2 is 1.97 bits per heavy atom. The SMILES string of the molecule is CC(=O)O[C@@H](C(=O)O)[C@H]1OCCN(c2cccc(OCc3ccccc3)c2)C1=O. The lowest BCUT2D eigenvalue weighted by atomic mass is 10.1. The fraction of sp³-hybridized carbons (Fsp3) is 0.286. The van der Waals surface area contributed by atoms with Crippen LogP contribution < -0.4 is 9.64 Å². The van der Waals surface area contributed by atoms with Gasteiger partial charge in [0.15, 0.2) is 6.10 Å². The molecule has 0 aliphatic carbocycles. The first kappa shape index (κ1) is 20.3. The number of carbonyl (C=O) groups is 3. The van der Waals surface area contributed by atoms with Crippen LogP contribution >= 0.6 is 0 Å². The van der Waals surface area contributed by atoms with Gasteiger partial charge in [0, 0.05) is 25.2 Å². The molecule has 0 spiro atoms. The molecule has 0 unspecified atom stereocenters. The van der Waals surface area contributed by atoms with Crippen LogP contribution in [0.5, 0.6) is 5.75 Å². The number of ether oxygens (including phenoxy) is 3. The molecule has 2 aromatic rings. The Balaban J connectivity index is 1.74. The molecule has 0 radical (unpaired) electrons. The number of carbonyl (C=O) groups excluding carboxylic acids is 2. The maximum absolute atomic E-state index is 12.8. The summed E-state index contributed by atoms with van der Waals surface area (Å²) in [6.07, 6.45) is -3.13. The number of benzene rings is 2. The minimum Gasteiger partial charge on any atom is -0.489 e. The Bertz CT molecular complexity index is 884. The highest BCUT2D eigenvalue weighted by Crippen LogP contribution is 2.26. The Morgan fingerprint density at radius 1 is 1.21 bits per heavy atom. The van der Waals surface area contributed by atoms with Crippen LogP contribution in [0.25, 0.3) is 0 Å². The maximum Gasteiger partial charge on any atom is 0.348 e. The summed E-state index contributed by atoms with van der Waals surface area (Å²) in [5.74, 6) is -2.27. The zero-order chi connectivity index (χ0) is 20.8. The van der Waals surface area contributed by atoms with E-state index in [0.717, 1.165) is 12.5 Å². The molecule has 152 valence electrons. The number of rotatable bonds is 7. The van der Waals surface area contributed by atoms with Crippen molar-refractivity contribution in [2.45, 2.75) is 25.7 Å². The van der Waals surface area contributed by atoms with Crippen LogP contribution in [0, 0.1) is 0 Å². The van der Waals surface area contributed by atoms with Gasteiger partial charge in [0.25, 0.3) is 5.91 Å². The molecule has 1 aliphatic heterocycles. The fourth-order valence-electron chi connectivity index (χ4n) is 2.98. The van der Waals surface area contributed by atoms with E-state index in [-0.39, 0.29) is 13.2 Å². The zero-order valence-corrected chi connectivity index (χ0v) is 15.8. The molecule has 1 heterocycles. The third-order valence-electron chi connectivity index (χ3n) is 4.31. The third kappa shape index (κ3) is 5.11. The molecule has 0 bridgehead atoms. The number of morpholine rings is 1. The maximum atomic E-state index is 12.8. The van der Waals surface area contributed by atoms with Gasteiger partial charge in [-0.1, -0.05) is 36.4 Å². The first-order valence-electron chi connectivity index (χ1n) is 9.05. The highest BCUT2D eigenvalue weighted by molar-refractivity contribution is 6.00. The molecule has 1 fully saturated rings. The summed E-state index contributed by atoms with van der Waals surface area (Å²) in [5.41, 5.74) is 1.55. The van der Waals surface area contributed by atoms with Crippen LogP contribution in [-0.4, -0.2) is 48.3 Å². The highest BCUT2D eigenvalue weighted by Gasteiger charge is 2.42. The lowest BCUT2D eigenvalue weighted by Gasteiger charge is -2.34. The summed E-state index contributed by atoms with van der Waals surface area (Å²) in [7, 11) is 0. The summed E-state index contributed by atoms with van der Waals surface area (Å²) in [4.78, 5) is 36.9. The number of amides is 1. The highest BCUT2D eigenvalue weighted by atomic mass is 16.6. The van der Waals surface area contributed by atoms with E-state index in [2.05, 4.69) is 0 Å². The zero-order valence-electron chi connectivity index (χ0n) is 15.8. The normalized spacial score (nSPS) is 17.5. The molecule has 29 heavy (non-hydrogen) atoms. The van der Waals surface area contributed by atoms with Crippen molar-refractivity contribution in [3.05, 3.63) is 60.2 Å². The van der Waals surface area contributed by atoms with E-state index in [1.807, 2.05) is 30.3 Å². The van der Waals surface area contributed by atoms with E-state index < -0.39 is 30.1 Å². The minimum absolute atomic E-state index is 0.108. The Hall–Kier alpha value is -3.39. The topological polar surface area (TPSA) is 102 Å². The number of hydrogen-bond donors (Lipinski definition) is 1. The molecule has 2 aromatic carbocycles. The van der Waals surface area contributed by atoms with E-state index >= 15 is 0 Å². The van der Waals surface area contributed by atoms with Crippen molar-refractivity contribution in [1.82, 2.24) is 0 Å². The van der Waals surface area contributed by atoms with Gasteiger partial charge < -0.3 is 24.2 Å². The molecular weight excluding hydrogens is 378 g/mol. The Morgan fingerprint density at radius 3 is 2.66 bits per heavy atom. The first-order chi connectivity index (χ1) is 14.0. The number of hydrogen-bond acceptors (Lipinski definition) is 6. The van der Waals surface area contributed by atoms with Crippen molar-refractivity contribution in [1.29, 1.82) is 0 Å². The van der Waals surface area contributed by atoms with E-state index in [9.17, 15) is 19.5 Å². The number of nitrogens with zero attached hydrogens (tertiary/aromatic N) is 1. The second kappa shape index (κ2) is 9.20. The minimum atomic E-state index is -1.71. The molecule has 1 amide bonds. The van der Waals surface area contributed by atoms with Crippen LogP contribution in [0.4, 0.5) is 5.69 Å². The van der Waals surface area contributed by atoms with Gasteiger partial charge in [-0.05, 0) is 17.7 Å². The van der Waals surface area contributed by atoms with Gasteiger partial charge in [0.05, 0.1) is 6.61 Å². The van der Waals surface area contributed by atoms with Crippen molar-refractivity contribution < 1.29 is 33.7 Å². The summed E-state index contributed by atoms with van der Waals surface area (Å²) >= 11 is 0. The van der Waals surface area contributed by atoms with E-state index in [1.165, 1.54) is 4.90 Å². The standard InChI is InChI=1S/C21H21NO7/c1-14(23)29-19(21(25)26)18-20(24)22(10-11-27-18)16-8-5-9-17(12-16)28-13-15-6-3-2-4-7-15/h2-9,12,18-19H,10-11,13H2,1H3,(H,25,26)/t18-,19-/m1/s1. The number of esters is 1.